The number of carbonyl (C=O) groups excluding carboxylic acids is 1. The van der Waals surface area contributed by atoms with Gasteiger partial charge in [-0.05, 0) is 38.0 Å². The van der Waals surface area contributed by atoms with Gasteiger partial charge in [-0.15, -0.1) is 0 Å². The molecule has 1 rings (SSSR count). The first kappa shape index (κ1) is 11.3. The van der Waals surface area contributed by atoms with Crippen molar-refractivity contribution in [2.24, 2.45) is 5.92 Å². The minimum absolute atomic E-state index is 0.235. The average molecular weight is 200 g/mol. The van der Waals surface area contributed by atoms with Crippen molar-refractivity contribution in [1.29, 1.82) is 0 Å². The normalized spacial score (nSPS) is 19.7. The Kier molecular flexibility index (Phi) is 3.78. The Morgan fingerprint density at radius 1 is 1.36 bits per heavy atom. The molecule has 0 aliphatic heterocycles. The van der Waals surface area contributed by atoms with E-state index in [1.54, 1.807) is 0 Å². The van der Waals surface area contributed by atoms with E-state index in [9.17, 15) is 4.79 Å². The summed E-state index contributed by atoms with van der Waals surface area (Å²) < 4.78 is 9.96. The van der Waals surface area contributed by atoms with Crippen LogP contribution >= 0.6 is 0 Å². The fourth-order valence-corrected chi connectivity index (χ4v) is 2.33. The van der Waals surface area contributed by atoms with Crippen LogP contribution in [0.4, 0.5) is 4.79 Å². The zero-order chi connectivity index (χ0) is 10.6. The predicted octanol–water partition coefficient (Wildman–Crippen LogP) is 3.13. The Morgan fingerprint density at radius 3 is 2.36 bits per heavy atom. The Morgan fingerprint density at radius 2 is 1.93 bits per heavy atom. The van der Waals surface area contributed by atoms with Gasteiger partial charge in [-0.3, -0.25) is 0 Å². The van der Waals surface area contributed by atoms with Crippen molar-refractivity contribution in [2.45, 2.75) is 51.6 Å². The first-order valence-electron chi connectivity index (χ1n) is 5.35. The van der Waals surface area contributed by atoms with E-state index in [-0.39, 0.29) is 5.60 Å². The summed E-state index contributed by atoms with van der Waals surface area (Å²) in [7, 11) is 1.36. The molecule has 0 heterocycles. The van der Waals surface area contributed by atoms with E-state index < -0.39 is 6.16 Å². The van der Waals surface area contributed by atoms with Gasteiger partial charge in [-0.1, -0.05) is 13.8 Å². The highest BCUT2D eigenvalue weighted by Gasteiger charge is 2.38. The summed E-state index contributed by atoms with van der Waals surface area (Å²) in [5.74, 6) is 0.553. The van der Waals surface area contributed by atoms with E-state index in [4.69, 9.17) is 4.74 Å². The zero-order valence-corrected chi connectivity index (χ0v) is 9.34. The van der Waals surface area contributed by atoms with Gasteiger partial charge in [0.1, 0.15) is 5.60 Å². The molecular weight excluding hydrogens is 180 g/mol. The molecule has 0 N–H and O–H groups in total. The molecule has 1 aliphatic rings. The van der Waals surface area contributed by atoms with Crippen molar-refractivity contribution >= 4 is 6.16 Å². The molecule has 0 aromatic heterocycles. The molecule has 0 amide bonds. The summed E-state index contributed by atoms with van der Waals surface area (Å²) >= 11 is 0. The van der Waals surface area contributed by atoms with Crippen LogP contribution in [0.3, 0.4) is 0 Å². The van der Waals surface area contributed by atoms with Crippen molar-refractivity contribution < 1.29 is 14.3 Å². The Balaban J connectivity index is 2.57. The molecule has 0 spiro atoms. The van der Waals surface area contributed by atoms with Gasteiger partial charge in [0.25, 0.3) is 0 Å². The standard InChI is InChI=1S/C11H20O3/c1-9(2)8-11(6-4-5-7-11)14-10(12)13-3/h9H,4-8H2,1-3H3. The van der Waals surface area contributed by atoms with Crippen LogP contribution in [0.25, 0.3) is 0 Å². The third-order valence-electron chi connectivity index (χ3n) is 2.76. The summed E-state index contributed by atoms with van der Waals surface area (Å²) in [6.45, 7) is 4.31. The highest BCUT2D eigenvalue weighted by atomic mass is 16.7. The van der Waals surface area contributed by atoms with E-state index in [0.29, 0.717) is 5.92 Å². The minimum atomic E-state index is -0.535. The van der Waals surface area contributed by atoms with Crippen LogP contribution in [0.1, 0.15) is 46.0 Å². The highest BCUT2D eigenvalue weighted by molar-refractivity contribution is 5.60. The Labute approximate surface area is 85.8 Å². The average Bonchev–Trinajstić information content (AvgIpc) is 2.51. The molecule has 82 valence electrons. The van der Waals surface area contributed by atoms with Crippen molar-refractivity contribution in [3.05, 3.63) is 0 Å². The second-order valence-corrected chi connectivity index (χ2v) is 4.54. The van der Waals surface area contributed by atoms with Gasteiger partial charge in [0.2, 0.25) is 0 Å². The molecule has 1 saturated carbocycles. The predicted molar refractivity (Wildman–Crippen MR) is 54.1 cm³/mol. The largest absolute Gasteiger partial charge is 0.508 e. The van der Waals surface area contributed by atoms with Crippen molar-refractivity contribution in [3.63, 3.8) is 0 Å². The molecule has 3 nitrogen and oxygen atoms in total. The molecule has 14 heavy (non-hydrogen) atoms. The quantitative estimate of drug-likeness (QED) is 0.656. The molecule has 0 bridgehead atoms. The van der Waals surface area contributed by atoms with Gasteiger partial charge in [0, 0.05) is 0 Å². The van der Waals surface area contributed by atoms with E-state index in [1.165, 1.54) is 7.11 Å². The zero-order valence-electron chi connectivity index (χ0n) is 9.34. The number of methoxy groups -OCH3 is 1. The molecule has 0 unspecified atom stereocenters. The van der Waals surface area contributed by atoms with Gasteiger partial charge in [-0.2, -0.15) is 0 Å². The lowest BCUT2D eigenvalue weighted by Gasteiger charge is -2.29. The Hall–Kier alpha value is -0.730. The molecule has 0 saturated heterocycles. The second-order valence-electron chi connectivity index (χ2n) is 4.54. The SMILES string of the molecule is COC(=O)OC1(CC(C)C)CCCC1. The maximum absolute atomic E-state index is 11.1. The first-order chi connectivity index (χ1) is 6.58. The van der Waals surface area contributed by atoms with Gasteiger partial charge < -0.3 is 9.47 Å². The summed E-state index contributed by atoms with van der Waals surface area (Å²) in [5.41, 5.74) is -0.235. The summed E-state index contributed by atoms with van der Waals surface area (Å²) in [4.78, 5) is 11.1. The lowest BCUT2D eigenvalue weighted by Crippen LogP contribution is -2.33. The number of hydrogen-bond acceptors (Lipinski definition) is 3. The number of ether oxygens (including phenoxy) is 2. The summed E-state index contributed by atoms with van der Waals surface area (Å²) in [6, 6.07) is 0. The summed E-state index contributed by atoms with van der Waals surface area (Å²) in [5, 5.41) is 0. The molecule has 3 heteroatoms. The van der Waals surface area contributed by atoms with E-state index in [0.717, 1.165) is 32.1 Å². The molecule has 1 aliphatic carbocycles. The molecule has 0 atom stereocenters. The van der Waals surface area contributed by atoms with Crippen LogP contribution in [0.5, 0.6) is 0 Å². The summed E-state index contributed by atoms with van der Waals surface area (Å²) in [6.07, 6.45) is 4.70. The maximum Gasteiger partial charge on any atom is 0.508 e. The molecule has 0 radical (unpaired) electrons. The van der Waals surface area contributed by atoms with Crippen LogP contribution in [-0.2, 0) is 9.47 Å². The topological polar surface area (TPSA) is 35.5 Å². The van der Waals surface area contributed by atoms with E-state index in [2.05, 4.69) is 18.6 Å². The molecule has 0 aromatic rings. The smallest absolute Gasteiger partial charge is 0.438 e. The number of carbonyl (C=O) groups is 1. The maximum atomic E-state index is 11.1. The highest BCUT2D eigenvalue weighted by Crippen LogP contribution is 2.38. The lowest BCUT2D eigenvalue weighted by molar-refractivity contribution is -0.0350. The Bertz CT molecular complexity index is 193. The van der Waals surface area contributed by atoms with Crippen molar-refractivity contribution in [1.82, 2.24) is 0 Å². The number of hydrogen-bond donors (Lipinski definition) is 0. The van der Waals surface area contributed by atoms with Crippen LogP contribution in [0, 0.1) is 5.92 Å². The van der Waals surface area contributed by atoms with E-state index in [1.807, 2.05) is 0 Å². The third-order valence-corrected chi connectivity index (χ3v) is 2.76. The van der Waals surface area contributed by atoms with Gasteiger partial charge in [-0.25, -0.2) is 4.79 Å². The monoisotopic (exact) mass is 200 g/mol. The fourth-order valence-electron chi connectivity index (χ4n) is 2.33. The van der Waals surface area contributed by atoms with Crippen molar-refractivity contribution in [3.8, 4) is 0 Å². The van der Waals surface area contributed by atoms with Crippen LogP contribution in [-0.4, -0.2) is 18.9 Å². The minimum Gasteiger partial charge on any atom is -0.438 e. The lowest BCUT2D eigenvalue weighted by atomic mass is 9.91. The number of rotatable bonds is 3. The first-order valence-corrected chi connectivity index (χ1v) is 5.35. The molecule has 1 fully saturated rings. The van der Waals surface area contributed by atoms with E-state index >= 15 is 0 Å². The molecule has 0 aromatic carbocycles. The second kappa shape index (κ2) is 4.67. The van der Waals surface area contributed by atoms with Gasteiger partial charge >= 0.3 is 6.16 Å². The van der Waals surface area contributed by atoms with Crippen molar-refractivity contribution in [2.75, 3.05) is 7.11 Å². The third kappa shape index (κ3) is 2.89. The fraction of sp³-hybridized carbons (Fsp3) is 0.909. The van der Waals surface area contributed by atoms with Gasteiger partial charge in [0.15, 0.2) is 0 Å². The van der Waals surface area contributed by atoms with Crippen LogP contribution in [0.15, 0.2) is 0 Å². The van der Waals surface area contributed by atoms with Gasteiger partial charge in [0.05, 0.1) is 7.11 Å². The van der Waals surface area contributed by atoms with Crippen LogP contribution < -0.4 is 0 Å². The van der Waals surface area contributed by atoms with Crippen LogP contribution in [0.2, 0.25) is 0 Å². The molecular formula is C11H20O3.